The first-order valence-corrected chi connectivity index (χ1v) is 7.75. The zero-order chi connectivity index (χ0) is 15.6. The molecule has 1 aromatic carbocycles. The van der Waals surface area contributed by atoms with E-state index in [1.165, 1.54) is 24.3 Å². The van der Waals surface area contributed by atoms with Gasteiger partial charge in [0.1, 0.15) is 6.04 Å². The highest BCUT2D eigenvalue weighted by atomic mass is 32.2. The van der Waals surface area contributed by atoms with Crippen molar-refractivity contribution in [1.29, 1.82) is 0 Å². The number of benzene rings is 1. The van der Waals surface area contributed by atoms with Crippen molar-refractivity contribution >= 4 is 27.7 Å². The molecule has 0 radical (unpaired) electrons. The molecular weight excluding hydrogens is 298 g/mol. The van der Waals surface area contributed by atoms with E-state index < -0.39 is 28.1 Å². The van der Waals surface area contributed by atoms with E-state index in [4.69, 9.17) is 10.2 Å². The summed E-state index contributed by atoms with van der Waals surface area (Å²) in [5, 5.41) is 18.7. The number of anilines is 1. The number of nitrogens with two attached hydrogens (primary N) is 1. The van der Waals surface area contributed by atoms with E-state index >= 15 is 0 Å². The summed E-state index contributed by atoms with van der Waals surface area (Å²) in [5.41, 5.74) is 0.207. The van der Waals surface area contributed by atoms with Gasteiger partial charge in [-0.15, -0.1) is 0 Å². The van der Waals surface area contributed by atoms with E-state index in [0.717, 1.165) is 12.8 Å². The summed E-state index contributed by atoms with van der Waals surface area (Å²) in [4.78, 5) is 22.6. The van der Waals surface area contributed by atoms with Crippen molar-refractivity contribution in [2.24, 2.45) is 11.1 Å². The Morgan fingerprint density at radius 2 is 2.00 bits per heavy atom. The van der Waals surface area contributed by atoms with Crippen molar-refractivity contribution in [3.63, 3.8) is 0 Å². The number of carbonyl (C=O) groups excluding carboxylic acids is 1. The number of hydrogen-bond donors (Lipinski definition) is 4. The Morgan fingerprint density at radius 3 is 2.52 bits per heavy atom. The molecule has 1 atom stereocenters. The predicted molar refractivity (Wildman–Crippen MR) is 74.1 cm³/mol. The number of carboxylic acids is 1. The van der Waals surface area contributed by atoms with Gasteiger partial charge in [-0.05, 0) is 37.0 Å². The minimum absolute atomic E-state index is 0.0518. The number of rotatable bonds is 5. The van der Waals surface area contributed by atoms with E-state index in [1.54, 1.807) is 0 Å². The molecule has 1 aliphatic carbocycles. The molecule has 1 fully saturated rings. The van der Waals surface area contributed by atoms with Gasteiger partial charge in [0.05, 0.1) is 4.90 Å². The zero-order valence-corrected chi connectivity index (χ0v) is 11.8. The Labute approximate surface area is 121 Å². The molecule has 2 rings (SSSR count). The highest BCUT2D eigenvalue weighted by Gasteiger charge is 2.37. The van der Waals surface area contributed by atoms with Crippen LogP contribution in [0.4, 0.5) is 10.5 Å². The van der Waals surface area contributed by atoms with Gasteiger partial charge in [-0.2, -0.15) is 0 Å². The lowest BCUT2D eigenvalue weighted by Crippen LogP contribution is -2.44. The fraction of sp³-hybridized carbons (Fsp3) is 0.333. The molecule has 1 unspecified atom stereocenters. The molecular formula is C12H15N3O5S. The van der Waals surface area contributed by atoms with Gasteiger partial charge in [-0.25, -0.2) is 23.1 Å². The van der Waals surface area contributed by atoms with Crippen LogP contribution in [0.25, 0.3) is 0 Å². The first kappa shape index (κ1) is 15.3. The first-order chi connectivity index (χ1) is 9.77. The maximum absolute atomic E-state index is 11.8. The van der Waals surface area contributed by atoms with Gasteiger partial charge >= 0.3 is 12.0 Å². The summed E-state index contributed by atoms with van der Waals surface area (Å²) in [6, 6.07) is 3.74. The van der Waals surface area contributed by atoms with Gasteiger partial charge in [0, 0.05) is 5.69 Å². The fourth-order valence-corrected chi connectivity index (χ4v) is 2.43. The second-order valence-corrected chi connectivity index (χ2v) is 6.39. The summed E-state index contributed by atoms with van der Waals surface area (Å²) < 4.78 is 22.4. The van der Waals surface area contributed by atoms with Crippen LogP contribution in [0.15, 0.2) is 29.2 Å². The molecule has 8 nitrogen and oxygen atoms in total. The molecule has 0 spiro atoms. The first-order valence-electron chi connectivity index (χ1n) is 6.20. The SMILES string of the molecule is NS(=O)(=O)c1cccc(NC(=O)NC(C(=O)O)C2CC2)c1. The number of urea groups is 1. The molecule has 1 aromatic rings. The molecule has 114 valence electrons. The number of carboxylic acid groups (broad SMARTS) is 1. The van der Waals surface area contributed by atoms with Gasteiger partial charge in [-0.3, -0.25) is 0 Å². The van der Waals surface area contributed by atoms with Gasteiger partial charge in [-0.1, -0.05) is 6.07 Å². The number of primary sulfonamides is 1. The van der Waals surface area contributed by atoms with Crippen LogP contribution in [0.1, 0.15) is 12.8 Å². The van der Waals surface area contributed by atoms with Crippen LogP contribution in [-0.2, 0) is 14.8 Å². The largest absolute Gasteiger partial charge is 0.480 e. The van der Waals surface area contributed by atoms with Crippen molar-refractivity contribution in [3.8, 4) is 0 Å². The third-order valence-corrected chi connectivity index (χ3v) is 3.98. The molecule has 0 bridgehead atoms. The van der Waals surface area contributed by atoms with E-state index in [2.05, 4.69) is 10.6 Å². The second kappa shape index (κ2) is 5.70. The highest BCUT2D eigenvalue weighted by molar-refractivity contribution is 7.89. The number of aliphatic carboxylic acids is 1. The number of carbonyl (C=O) groups is 2. The monoisotopic (exact) mass is 313 g/mol. The van der Waals surface area contributed by atoms with Crippen molar-refractivity contribution in [3.05, 3.63) is 24.3 Å². The minimum Gasteiger partial charge on any atom is -0.480 e. The highest BCUT2D eigenvalue weighted by Crippen LogP contribution is 2.32. The van der Waals surface area contributed by atoms with Gasteiger partial charge in [0.2, 0.25) is 10.0 Å². The van der Waals surface area contributed by atoms with Crippen LogP contribution in [0, 0.1) is 5.92 Å². The standard InChI is InChI=1S/C12H15N3O5S/c13-21(19,20)9-3-1-2-8(6-9)14-12(18)15-10(11(16)17)7-4-5-7/h1-3,6-7,10H,4-5H2,(H,16,17)(H2,13,19,20)(H2,14,15,18). The third kappa shape index (κ3) is 4.17. The van der Waals surface area contributed by atoms with E-state index in [-0.39, 0.29) is 16.5 Å². The Hall–Kier alpha value is -2.13. The third-order valence-electron chi connectivity index (χ3n) is 3.07. The van der Waals surface area contributed by atoms with Crippen LogP contribution in [-0.4, -0.2) is 31.6 Å². The van der Waals surface area contributed by atoms with Gasteiger partial charge < -0.3 is 15.7 Å². The Kier molecular flexibility index (Phi) is 4.14. The van der Waals surface area contributed by atoms with Crippen LogP contribution in [0.2, 0.25) is 0 Å². The average molecular weight is 313 g/mol. The molecule has 0 saturated heterocycles. The normalized spacial score (nSPS) is 16.0. The maximum Gasteiger partial charge on any atom is 0.326 e. The molecule has 9 heteroatoms. The summed E-state index contributed by atoms with van der Waals surface area (Å²) in [6.07, 6.45) is 1.52. The van der Waals surface area contributed by atoms with E-state index in [0.29, 0.717) is 0 Å². The Morgan fingerprint density at radius 1 is 1.33 bits per heavy atom. The number of amides is 2. The van der Waals surface area contributed by atoms with Crippen LogP contribution in [0.3, 0.4) is 0 Å². The number of hydrogen-bond acceptors (Lipinski definition) is 4. The summed E-state index contributed by atoms with van der Waals surface area (Å²) >= 11 is 0. The lowest BCUT2D eigenvalue weighted by Gasteiger charge is -2.14. The molecule has 2 amide bonds. The molecule has 1 aliphatic rings. The van der Waals surface area contributed by atoms with E-state index in [9.17, 15) is 18.0 Å². The van der Waals surface area contributed by atoms with Crippen molar-refractivity contribution in [1.82, 2.24) is 5.32 Å². The molecule has 0 aliphatic heterocycles. The lowest BCUT2D eigenvalue weighted by atomic mass is 10.2. The topological polar surface area (TPSA) is 139 Å². The van der Waals surface area contributed by atoms with Crippen LogP contribution >= 0.6 is 0 Å². The maximum atomic E-state index is 11.8. The molecule has 0 aromatic heterocycles. The zero-order valence-electron chi connectivity index (χ0n) is 10.9. The lowest BCUT2D eigenvalue weighted by molar-refractivity contribution is -0.139. The summed E-state index contributed by atoms with van der Waals surface area (Å²) in [6.45, 7) is 0. The molecule has 21 heavy (non-hydrogen) atoms. The quantitative estimate of drug-likeness (QED) is 0.620. The Bertz CT molecular complexity index is 669. The Balaban J connectivity index is 2.04. The van der Waals surface area contributed by atoms with Gasteiger partial charge in [0.15, 0.2) is 0 Å². The fourth-order valence-electron chi connectivity index (χ4n) is 1.87. The molecule has 1 saturated carbocycles. The van der Waals surface area contributed by atoms with Gasteiger partial charge in [0.25, 0.3) is 0 Å². The van der Waals surface area contributed by atoms with Crippen molar-refractivity contribution in [2.75, 3.05) is 5.32 Å². The van der Waals surface area contributed by atoms with Crippen molar-refractivity contribution in [2.45, 2.75) is 23.8 Å². The summed E-state index contributed by atoms with van der Waals surface area (Å²) in [7, 11) is -3.87. The minimum atomic E-state index is -3.87. The second-order valence-electron chi connectivity index (χ2n) is 4.82. The predicted octanol–water partition coefficient (Wildman–Crippen LogP) is 0.319. The van der Waals surface area contributed by atoms with Crippen LogP contribution in [0.5, 0.6) is 0 Å². The summed E-state index contributed by atoms with van der Waals surface area (Å²) in [5.74, 6) is -1.14. The van der Waals surface area contributed by atoms with Crippen LogP contribution < -0.4 is 15.8 Å². The van der Waals surface area contributed by atoms with E-state index in [1.807, 2.05) is 0 Å². The number of nitrogens with one attached hydrogen (secondary N) is 2. The number of sulfonamides is 1. The average Bonchev–Trinajstić information content (AvgIpc) is 3.19. The smallest absolute Gasteiger partial charge is 0.326 e. The molecule has 5 N–H and O–H groups in total. The molecule has 0 heterocycles. The van der Waals surface area contributed by atoms with Crippen molar-refractivity contribution < 1.29 is 23.1 Å².